The van der Waals surface area contributed by atoms with Crippen molar-refractivity contribution < 1.29 is 9.26 Å². The number of nitrogens with one attached hydrogen (secondary N) is 2. The van der Waals surface area contributed by atoms with Crippen molar-refractivity contribution in [2.24, 2.45) is 0 Å². The number of hydrogen-bond donors (Lipinski definition) is 3. The topological polar surface area (TPSA) is 115 Å². The van der Waals surface area contributed by atoms with E-state index in [0.29, 0.717) is 23.2 Å². The fourth-order valence-electron chi connectivity index (χ4n) is 4.18. The van der Waals surface area contributed by atoms with Gasteiger partial charge in [0.15, 0.2) is 0 Å². The van der Waals surface area contributed by atoms with Crippen LogP contribution in [0.1, 0.15) is 43.1 Å². The van der Waals surface area contributed by atoms with E-state index < -0.39 is 0 Å². The molecule has 0 saturated heterocycles. The van der Waals surface area contributed by atoms with Crippen molar-refractivity contribution >= 4 is 5.69 Å². The highest BCUT2D eigenvalue weighted by Crippen LogP contribution is 2.38. The van der Waals surface area contributed by atoms with Crippen LogP contribution in [0.2, 0.25) is 0 Å². The van der Waals surface area contributed by atoms with Gasteiger partial charge in [-0.15, -0.1) is 0 Å². The number of ether oxygens (including phenoxy) is 1. The molecule has 0 aliphatic heterocycles. The minimum atomic E-state index is 0.0520. The number of H-pyrrole nitrogens is 1. The summed E-state index contributed by atoms with van der Waals surface area (Å²) in [7, 11) is 0. The van der Waals surface area contributed by atoms with Crippen LogP contribution in [-0.2, 0) is 13.0 Å². The Labute approximate surface area is 186 Å². The number of fused-ring (bicyclic) bond motifs is 1. The third-order valence-corrected chi connectivity index (χ3v) is 5.65. The first-order valence-corrected chi connectivity index (χ1v) is 10.8. The van der Waals surface area contributed by atoms with Crippen LogP contribution in [0.5, 0.6) is 5.75 Å². The number of nitrogens with two attached hydrogens (primary N) is 1. The summed E-state index contributed by atoms with van der Waals surface area (Å²) in [6.45, 7) is 4.68. The zero-order chi connectivity index (χ0) is 22.1. The second-order valence-electron chi connectivity index (χ2n) is 8.26. The molecular formula is C24H26N6O2. The first-order valence-electron chi connectivity index (χ1n) is 10.8. The Morgan fingerprint density at radius 2 is 2.19 bits per heavy atom. The number of rotatable bonds is 7. The highest BCUT2D eigenvalue weighted by Gasteiger charge is 2.26. The molecule has 2 aromatic heterocycles. The van der Waals surface area contributed by atoms with Crippen molar-refractivity contribution in [1.82, 2.24) is 25.4 Å². The van der Waals surface area contributed by atoms with E-state index in [1.807, 2.05) is 32.2 Å². The van der Waals surface area contributed by atoms with E-state index in [0.717, 1.165) is 36.2 Å². The van der Waals surface area contributed by atoms with Gasteiger partial charge in [-0.1, -0.05) is 23.4 Å². The Morgan fingerprint density at radius 1 is 1.28 bits per heavy atom. The molecule has 4 aromatic rings. The Balaban J connectivity index is 1.38. The van der Waals surface area contributed by atoms with Crippen LogP contribution in [-0.4, -0.2) is 26.2 Å². The molecule has 2 aromatic carbocycles. The highest BCUT2D eigenvalue weighted by atomic mass is 16.5. The molecule has 0 amide bonds. The maximum Gasteiger partial charge on any atom is 0.258 e. The molecule has 0 bridgehead atoms. The maximum absolute atomic E-state index is 6.15. The lowest BCUT2D eigenvalue weighted by molar-refractivity contribution is 0.244. The number of nitrogen functional groups attached to an aromatic ring is 1. The van der Waals surface area contributed by atoms with E-state index in [4.69, 9.17) is 15.0 Å². The molecule has 1 aliphatic rings. The van der Waals surface area contributed by atoms with Crippen LogP contribution in [0.15, 0.2) is 53.4 Å². The Morgan fingerprint density at radius 3 is 2.97 bits per heavy atom. The van der Waals surface area contributed by atoms with Gasteiger partial charge in [-0.3, -0.25) is 0 Å². The second-order valence-corrected chi connectivity index (χ2v) is 8.26. The summed E-state index contributed by atoms with van der Waals surface area (Å²) in [6, 6.07) is 12.1. The van der Waals surface area contributed by atoms with Gasteiger partial charge in [-0.25, -0.2) is 4.98 Å². The number of nitrogens with zero attached hydrogens (tertiary/aromatic N) is 3. The average molecular weight is 431 g/mol. The second kappa shape index (κ2) is 8.47. The molecule has 8 nitrogen and oxygen atoms in total. The monoisotopic (exact) mass is 430 g/mol. The van der Waals surface area contributed by atoms with Gasteiger partial charge in [-0.05, 0) is 56.0 Å². The number of benzene rings is 2. The fraction of sp³-hybridized carbons (Fsp3) is 0.292. The molecule has 1 atom stereocenters. The van der Waals surface area contributed by atoms with Gasteiger partial charge < -0.3 is 25.3 Å². The lowest BCUT2D eigenvalue weighted by Crippen LogP contribution is -2.18. The quantitative estimate of drug-likeness (QED) is 0.375. The van der Waals surface area contributed by atoms with Crippen LogP contribution < -0.4 is 15.8 Å². The predicted octanol–water partition coefficient (Wildman–Crippen LogP) is 4.27. The highest BCUT2D eigenvalue weighted by molar-refractivity contribution is 5.69. The van der Waals surface area contributed by atoms with Crippen LogP contribution in [0.3, 0.4) is 0 Å². The van der Waals surface area contributed by atoms with Crippen molar-refractivity contribution in [3.63, 3.8) is 0 Å². The summed E-state index contributed by atoms with van der Waals surface area (Å²) in [4.78, 5) is 11.9. The van der Waals surface area contributed by atoms with Crippen molar-refractivity contribution in [3.8, 4) is 28.6 Å². The Hall–Kier alpha value is -3.65. The zero-order valence-corrected chi connectivity index (χ0v) is 18.1. The largest absolute Gasteiger partial charge is 0.489 e. The normalized spacial score (nSPS) is 15.3. The smallest absolute Gasteiger partial charge is 0.258 e. The van der Waals surface area contributed by atoms with E-state index in [2.05, 4.69) is 43.6 Å². The Kier molecular flexibility index (Phi) is 5.36. The molecule has 2 heterocycles. The van der Waals surface area contributed by atoms with Crippen LogP contribution in [0.25, 0.3) is 22.8 Å². The minimum absolute atomic E-state index is 0.0520. The molecule has 0 saturated carbocycles. The molecule has 8 heteroatoms. The van der Waals surface area contributed by atoms with Crippen LogP contribution >= 0.6 is 0 Å². The summed E-state index contributed by atoms with van der Waals surface area (Å²) in [6.07, 6.45) is 5.58. The molecule has 0 radical (unpaired) electrons. The fourth-order valence-corrected chi connectivity index (χ4v) is 4.18. The van der Waals surface area contributed by atoms with E-state index in [9.17, 15) is 0 Å². The average Bonchev–Trinajstić information content (AvgIpc) is 3.54. The van der Waals surface area contributed by atoms with E-state index in [1.165, 1.54) is 11.1 Å². The lowest BCUT2D eigenvalue weighted by atomic mass is 10.0. The molecule has 5 rings (SSSR count). The third kappa shape index (κ3) is 3.97. The molecule has 1 aliphatic carbocycles. The molecule has 32 heavy (non-hydrogen) atoms. The van der Waals surface area contributed by atoms with Gasteiger partial charge in [0, 0.05) is 35.6 Å². The number of anilines is 1. The van der Waals surface area contributed by atoms with Gasteiger partial charge in [0.2, 0.25) is 5.82 Å². The lowest BCUT2D eigenvalue weighted by Gasteiger charge is -2.13. The molecule has 0 fully saturated rings. The molecule has 4 N–H and O–H groups in total. The first kappa shape index (κ1) is 20.3. The summed E-state index contributed by atoms with van der Waals surface area (Å²) in [5.41, 5.74) is 12.1. The van der Waals surface area contributed by atoms with E-state index in [1.54, 1.807) is 12.4 Å². The SMILES string of the molecule is CC(C)Oc1ccc(-c2nc(-c3cccc4c3CC[C@@H]4NCc3cnc[nH]3)no2)cc1N. The third-order valence-electron chi connectivity index (χ3n) is 5.65. The summed E-state index contributed by atoms with van der Waals surface area (Å²) in [5, 5.41) is 7.87. The summed E-state index contributed by atoms with van der Waals surface area (Å²) < 4.78 is 11.3. The number of aromatic nitrogens is 4. The van der Waals surface area contributed by atoms with Gasteiger partial charge in [0.05, 0.1) is 18.1 Å². The Bertz CT molecular complexity index is 1220. The standard InChI is InChI=1S/C24H26N6O2/c1-14(2)31-22-9-6-15(10-20(22)25)24-29-23(30-32-24)19-5-3-4-18-17(19)7-8-21(18)27-12-16-11-26-13-28-16/h3-6,9-11,13-14,21,27H,7-8,12,25H2,1-2H3,(H,26,28)/t21-/m0/s1. The van der Waals surface area contributed by atoms with Gasteiger partial charge in [0.1, 0.15) is 5.75 Å². The number of imidazole rings is 1. The van der Waals surface area contributed by atoms with Crippen molar-refractivity contribution in [2.75, 3.05) is 5.73 Å². The molecule has 0 spiro atoms. The molecular weight excluding hydrogens is 404 g/mol. The summed E-state index contributed by atoms with van der Waals surface area (Å²) >= 11 is 0. The van der Waals surface area contributed by atoms with Gasteiger partial charge >= 0.3 is 0 Å². The van der Waals surface area contributed by atoms with Gasteiger partial charge in [0.25, 0.3) is 5.89 Å². The van der Waals surface area contributed by atoms with E-state index >= 15 is 0 Å². The van der Waals surface area contributed by atoms with Crippen molar-refractivity contribution in [1.29, 1.82) is 0 Å². The molecule has 0 unspecified atom stereocenters. The number of aromatic amines is 1. The molecule has 164 valence electrons. The van der Waals surface area contributed by atoms with Crippen LogP contribution in [0, 0.1) is 0 Å². The van der Waals surface area contributed by atoms with Crippen LogP contribution in [0.4, 0.5) is 5.69 Å². The van der Waals surface area contributed by atoms with Gasteiger partial charge in [-0.2, -0.15) is 4.98 Å². The first-order chi connectivity index (χ1) is 15.6. The maximum atomic E-state index is 6.15. The predicted molar refractivity (Wildman–Crippen MR) is 122 cm³/mol. The summed E-state index contributed by atoms with van der Waals surface area (Å²) in [5.74, 6) is 1.68. The zero-order valence-electron chi connectivity index (χ0n) is 18.1. The minimum Gasteiger partial charge on any atom is -0.489 e. The van der Waals surface area contributed by atoms with Crippen molar-refractivity contribution in [3.05, 3.63) is 65.7 Å². The van der Waals surface area contributed by atoms with E-state index in [-0.39, 0.29) is 12.1 Å². The van der Waals surface area contributed by atoms with Crippen molar-refractivity contribution in [2.45, 2.75) is 45.4 Å². The number of hydrogen-bond acceptors (Lipinski definition) is 7.